The van der Waals surface area contributed by atoms with Crippen LogP contribution in [0.1, 0.15) is 16.8 Å². The van der Waals surface area contributed by atoms with Gasteiger partial charge >= 0.3 is 0 Å². The van der Waals surface area contributed by atoms with Gasteiger partial charge in [0.15, 0.2) is 0 Å². The van der Waals surface area contributed by atoms with Crippen LogP contribution in [0.25, 0.3) is 10.8 Å². The molecule has 0 spiro atoms. The first-order chi connectivity index (χ1) is 10.2. The van der Waals surface area contributed by atoms with Gasteiger partial charge in [0.05, 0.1) is 13.2 Å². The Morgan fingerprint density at radius 3 is 2.76 bits per heavy atom. The monoisotopic (exact) mass is 347 g/mol. The summed E-state index contributed by atoms with van der Waals surface area (Å²) in [6.45, 7) is 5.29. The van der Waals surface area contributed by atoms with E-state index in [1.54, 1.807) is 0 Å². The quantitative estimate of drug-likeness (QED) is 0.608. The number of amides is 1. The number of hydrogen-bond acceptors (Lipinski definition) is 2. The molecule has 0 aliphatic heterocycles. The molecule has 0 aliphatic carbocycles. The van der Waals surface area contributed by atoms with Crippen molar-refractivity contribution in [2.75, 3.05) is 19.8 Å². The molecule has 21 heavy (non-hydrogen) atoms. The second-order valence-electron chi connectivity index (χ2n) is 4.65. The van der Waals surface area contributed by atoms with Gasteiger partial charge in [0, 0.05) is 16.6 Å². The topological polar surface area (TPSA) is 38.3 Å². The molecule has 0 saturated carbocycles. The van der Waals surface area contributed by atoms with Crippen LogP contribution in [0.4, 0.5) is 0 Å². The lowest BCUT2D eigenvalue weighted by molar-refractivity contribution is 0.0918. The Kier molecular flexibility index (Phi) is 5.96. The summed E-state index contributed by atoms with van der Waals surface area (Å²) in [4.78, 5) is 12.1. The van der Waals surface area contributed by atoms with E-state index in [9.17, 15) is 4.79 Å². The van der Waals surface area contributed by atoms with Gasteiger partial charge in [0.2, 0.25) is 0 Å². The standard InChI is InChI=1S/C17H18BrNO2/c1-2-3-9-21-10-8-19-17(20)15-5-4-14-12-16(18)7-6-13(14)11-15/h2,4-7,11-12H,1,3,8-10H2,(H,19,20). The van der Waals surface area contributed by atoms with Crippen LogP contribution < -0.4 is 5.32 Å². The zero-order valence-corrected chi connectivity index (χ0v) is 13.4. The second-order valence-corrected chi connectivity index (χ2v) is 5.57. The molecule has 4 heteroatoms. The van der Waals surface area contributed by atoms with E-state index < -0.39 is 0 Å². The highest BCUT2D eigenvalue weighted by Gasteiger charge is 2.05. The van der Waals surface area contributed by atoms with Crippen molar-refractivity contribution in [3.8, 4) is 0 Å². The average Bonchev–Trinajstić information content (AvgIpc) is 2.50. The summed E-state index contributed by atoms with van der Waals surface area (Å²) < 4.78 is 6.38. The number of fused-ring (bicyclic) bond motifs is 1. The van der Waals surface area contributed by atoms with Gasteiger partial charge in [0.25, 0.3) is 5.91 Å². The highest BCUT2D eigenvalue weighted by Crippen LogP contribution is 2.20. The minimum absolute atomic E-state index is 0.0767. The van der Waals surface area contributed by atoms with Crippen molar-refractivity contribution in [2.24, 2.45) is 0 Å². The smallest absolute Gasteiger partial charge is 0.251 e. The number of benzene rings is 2. The fraction of sp³-hybridized carbons (Fsp3) is 0.235. The molecule has 0 aliphatic rings. The molecule has 110 valence electrons. The lowest BCUT2D eigenvalue weighted by Crippen LogP contribution is -2.27. The Hall–Kier alpha value is -1.65. The fourth-order valence-electron chi connectivity index (χ4n) is 1.97. The van der Waals surface area contributed by atoms with Crippen LogP contribution in [0.3, 0.4) is 0 Å². The van der Waals surface area contributed by atoms with E-state index in [1.165, 1.54) is 0 Å². The van der Waals surface area contributed by atoms with Crippen LogP contribution in [-0.4, -0.2) is 25.7 Å². The maximum Gasteiger partial charge on any atom is 0.251 e. The highest BCUT2D eigenvalue weighted by molar-refractivity contribution is 9.10. The van der Waals surface area contributed by atoms with Gasteiger partial charge < -0.3 is 10.1 Å². The molecule has 0 heterocycles. The van der Waals surface area contributed by atoms with Gasteiger partial charge in [-0.2, -0.15) is 0 Å². The Balaban J connectivity index is 1.90. The molecular formula is C17H18BrNO2. The van der Waals surface area contributed by atoms with E-state index in [-0.39, 0.29) is 5.91 Å². The van der Waals surface area contributed by atoms with Gasteiger partial charge in [-0.25, -0.2) is 0 Å². The number of nitrogens with one attached hydrogen (secondary N) is 1. The Morgan fingerprint density at radius 1 is 1.19 bits per heavy atom. The third-order valence-electron chi connectivity index (χ3n) is 3.06. The van der Waals surface area contributed by atoms with Gasteiger partial charge in [-0.1, -0.05) is 34.1 Å². The van der Waals surface area contributed by atoms with Crippen LogP contribution in [0.15, 0.2) is 53.5 Å². The number of ether oxygens (including phenoxy) is 1. The third-order valence-corrected chi connectivity index (χ3v) is 3.56. The molecule has 0 aromatic heterocycles. The number of hydrogen-bond donors (Lipinski definition) is 1. The van der Waals surface area contributed by atoms with Crippen molar-refractivity contribution >= 4 is 32.6 Å². The van der Waals surface area contributed by atoms with Crippen molar-refractivity contribution in [2.45, 2.75) is 6.42 Å². The van der Waals surface area contributed by atoms with E-state index in [0.717, 1.165) is 21.7 Å². The van der Waals surface area contributed by atoms with E-state index in [1.807, 2.05) is 42.5 Å². The minimum Gasteiger partial charge on any atom is -0.379 e. The van der Waals surface area contributed by atoms with Gasteiger partial charge in [-0.05, 0) is 41.5 Å². The van der Waals surface area contributed by atoms with E-state index in [4.69, 9.17) is 4.74 Å². The SMILES string of the molecule is C=CCCOCCNC(=O)c1ccc2cc(Br)ccc2c1. The predicted molar refractivity (Wildman–Crippen MR) is 89.6 cm³/mol. The Labute approximate surface area is 133 Å². The molecule has 0 bridgehead atoms. The highest BCUT2D eigenvalue weighted by atomic mass is 79.9. The Bertz CT molecular complexity index is 640. The summed E-state index contributed by atoms with van der Waals surface area (Å²) in [5.41, 5.74) is 0.663. The summed E-state index contributed by atoms with van der Waals surface area (Å²) in [7, 11) is 0. The summed E-state index contributed by atoms with van der Waals surface area (Å²) in [6, 6.07) is 11.7. The molecule has 3 nitrogen and oxygen atoms in total. The van der Waals surface area contributed by atoms with Gasteiger partial charge in [-0.15, -0.1) is 6.58 Å². The minimum atomic E-state index is -0.0767. The molecule has 0 radical (unpaired) electrons. The summed E-state index contributed by atoms with van der Waals surface area (Å²) in [6.07, 6.45) is 2.64. The molecule has 0 fully saturated rings. The second kappa shape index (κ2) is 7.96. The average molecular weight is 348 g/mol. The van der Waals surface area contributed by atoms with Crippen molar-refractivity contribution in [3.63, 3.8) is 0 Å². The van der Waals surface area contributed by atoms with E-state index >= 15 is 0 Å². The lowest BCUT2D eigenvalue weighted by Gasteiger charge is -2.07. The van der Waals surface area contributed by atoms with Crippen LogP contribution >= 0.6 is 15.9 Å². The first kappa shape index (κ1) is 15.7. The molecule has 0 unspecified atom stereocenters. The van der Waals surface area contributed by atoms with Crippen molar-refractivity contribution in [3.05, 3.63) is 59.1 Å². The summed E-state index contributed by atoms with van der Waals surface area (Å²) in [5, 5.41) is 5.01. The Morgan fingerprint density at radius 2 is 1.95 bits per heavy atom. The first-order valence-corrected chi connectivity index (χ1v) is 7.66. The molecular weight excluding hydrogens is 330 g/mol. The molecule has 2 rings (SSSR count). The van der Waals surface area contributed by atoms with E-state index in [0.29, 0.717) is 25.3 Å². The maximum atomic E-state index is 12.1. The van der Waals surface area contributed by atoms with Crippen molar-refractivity contribution in [1.29, 1.82) is 0 Å². The predicted octanol–water partition coefficient (Wildman–Crippen LogP) is 3.92. The van der Waals surface area contributed by atoms with Crippen molar-refractivity contribution in [1.82, 2.24) is 5.32 Å². The van der Waals surface area contributed by atoms with Crippen LogP contribution in [0, 0.1) is 0 Å². The summed E-state index contributed by atoms with van der Waals surface area (Å²) in [5.74, 6) is -0.0767. The van der Waals surface area contributed by atoms with Gasteiger partial charge in [-0.3, -0.25) is 4.79 Å². The molecule has 0 saturated heterocycles. The molecule has 1 N–H and O–H groups in total. The molecule has 0 atom stereocenters. The fourth-order valence-corrected chi connectivity index (χ4v) is 2.34. The largest absolute Gasteiger partial charge is 0.379 e. The third kappa shape index (κ3) is 4.69. The van der Waals surface area contributed by atoms with E-state index in [2.05, 4.69) is 27.8 Å². The molecule has 2 aromatic carbocycles. The van der Waals surface area contributed by atoms with Crippen molar-refractivity contribution < 1.29 is 9.53 Å². The normalized spacial score (nSPS) is 10.5. The van der Waals surface area contributed by atoms with Crippen LogP contribution in [0.2, 0.25) is 0 Å². The zero-order valence-electron chi connectivity index (χ0n) is 11.8. The lowest BCUT2D eigenvalue weighted by atomic mass is 10.1. The number of carbonyl (C=O) groups excluding carboxylic acids is 1. The number of halogens is 1. The molecule has 2 aromatic rings. The summed E-state index contributed by atoms with van der Waals surface area (Å²) >= 11 is 3.44. The first-order valence-electron chi connectivity index (χ1n) is 6.87. The zero-order chi connectivity index (χ0) is 15.1. The van der Waals surface area contributed by atoms with Gasteiger partial charge in [0.1, 0.15) is 0 Å². The number of carbonyl (C=O) groups is 1. The maximum absolute atomic E-state index is 12.1. The van der Waals surface area contributed by atoms with Crippen LogP contribution in [0.5, 0.6) is 0 Å². The number of rotatable bonds is 7. The van der Waals surface area contributed by atoms with Crippen LogP contribution in [-0.2, 0) is 4.74 Å². The molecule has 1 amide bonds.